The van der Waals surface area contributed by atoms with E-state index in [-0.39, 0.29) is 22.9 Å². The van der Waals surface area contributed by atoms with Crippen LogP contribution in [0.3, 0.4) is 0 Å². The molecule has 1 aliphatic rings. The van der Waals surface area contributed by atoms with Crippen LogP contribution in [0.25, 0.3) is 6.08 Å². The van der Waals surface area contributed by atoms with Crippen molar-refractivity contribution in [2.45, 2.75) is 6.54 Å². The van der Waals surface area contributed by atoms with Gasteiger partial charge >= 0.3 is 5.97 Å². The molecule has 1 fully saturated rings. The fourth-order valence-corrected chi connectivity index (χ4v) is 4.29. The van der Waals surface area contributed by atoms with Crippen molar-refractivity contribution in [1.29, 1.82) is 0 Å². The summed E-state index contributed by atoms with van der Waals surface area (Å²) in [6.45, 7) is -0.0903. The summed E-state index contributed by atoms with van der Waals surface area (Å²) < 4.78 is 5.22. The molecule has 0 saturated carbocycles. The second kappa shape index (κ2) is 10.9. The first kappa shape index (κ1) is 26.6. The fourth-order valence-electron chi connectivity index (χ4n) is 3.45. The number of carbonyl (C=O) groups is 3. The Morgan fingerprint density at radius 3 is 2.05 bits per heavy atom. The summed E-state index contributed by atoms with van der Waals surface area (Å²) in [4.78, 5) is 69.5. The molecule has 0 aliphatic carbocycles. The molecule has 0 atom stereocenters. The monoisotopic (exact) mass is 550 g/mol. The van der Waals surface area contributed by atoms with Gasteiger partial charge in [-0.2, -0.15) is 0 Å². The van der Waals surface area contributed by atoms with Gasteiger partial charge in [0, 0.05) is 24.3 Å². The smallest absolute Gasteiger partial charge is 0.344 e. The van der Waals surface area contributed by atoms with Crippen LogP contribution in [0.5, 0.6) is 5.75 Å². The van der Waals surface area contributed by atoms with Gasteiger partial charge in [0.05, 0.1) is 37.8 Å². The molecule has 3 aromatic carbocycles. The average molecular weight is 550 g/mol. The number of non-ortho nitro benzene ring substituents is 3. The number of esters is 1. The van der Waals surface area contributed by atoms with Crippen LogP contribution in [-0.2, 0) is 11.3 Å². The van der Waals surface area contributed by atoms with Gasteiger partial charge in [-0.3, -0.25) is 44.8 Å². The number of imide groups is 1. The minimum atomic E-state index is -1.08. The number of amides is 2. The molecule has 0 spiro atoms. The molecule has 0 unspecified atom stereocenters. The summed E-state index contributed by atoms with van der Waals surface area (Å²) in [7, 11) is 0. The quantitative estimate of drug-likeness (QED) is 0.122. The first-order chi connectivity index (χ1) is 18.5. The third kappa shape index (κ3) is 6.11. The number of ether oxygens (including phenoxy) is 1. The van der Waals surface area contributed by atoms with Crippen LogP contribution in [-0.4, -0.2) is 36.8 Å². The molecule has 1 aliphatic heterocycles. The van der Waals surface area contributed by atoms with Crippen molar-refractivity contribution in [3.63, 3.8) is 0 Å². The Kier molecular flexibility index (Phi) is 7.44. The zero-order chi connectivity index (χ0) is 28.3. The van der Waals surface area contributed by atoms with Crippen molar-refractivity contribution < 1.29 is 33.9 Å². The Morgan fingerprint density at radius 1 is 0.846 bits per heavy atom. The van der Waals surface area contributed by atoms with Crippen LogP contribution in [0, 0.1) is 30.3 Å². The normalized spacial score (nSPS) is 13.9. The molecule has 39 heavy (non-hydrogen) atoms. The lowest BCUT2D eigenvalue weighted by Gasteiger charge is -2.12. The van der Waals surface area contributed by atoms with E-state index in [4.69, 9.17) is 4.74 Å². The first-order valence-electron chi connectivity index (χ1n) is 10.8. The minimum Gasteiger partial charge on any atom is -0.423 e. The molecule has 1 saturated heterocycles. The first-order valence-corrected chi connectivity index (χ1v) is 11.6. The molecule has 3 aromatic rings. The summed E-state index contributed by atoms with van der Waals surface area (Å²) in [6, 6.07) is 13.6. The van der Waals surface area contributed by atoms with Crippen molar-refractivity contribution in [3.05, 3.63) is 119 Å². The van der Waals surface area contributed by atoms with Gasteiger partial charge in [0.2, 0.25) is 0 Å². The molecule has 0 radical (unpaired) electrons. The van der Waals surface area contributed by atoms with Gasteiger partial charge < -0.3 is 4.74 Å². The number of nitrogens with zero attached hydrogens (tertiary/aromatic N) is 4. The van der Waals surface area contributed by atoms with E-state index in [1.807, 2.05) is 0 Å². The third-order valence-corrected chi connectivity index (χ3v) is 6.20. The van der Waals surface area contributed by atoms with Crippen LogP contribution in [0.1, 0.15) is 21.5 Å². The van der Waals surface area contributed by atoms with Crippen LogP contribution in [0.4, 0.5) is 21.9 Å². The van der Waals surface area contributed by atoms with E-state index in [2.05, 4.69) is 0 Å². The zero-order valence-corrected chi connectivity index (χ0v) is 20.2. The number of nitro benzene ring substituents is 3. The van der Waals surface area contributed by atoms with Gasteiger partial charge in [0.15, 0.2) is 0 Å². The van der Waals surface area contributed by atoms with Crippen LogP contribution >= 0.6 is 11.8 Å². The lowest BCUT2D eigenvalue weighted by Crippen LogP contribution is -2.27. The molecular formula is C24H14N4O10S. The van der Waals surface area contributed by atoms with E-state index in [1.54, 1.807) is 6.07 Å². The minimum absolute atomic E-state index is 0.0204. The topological polar surface area (TPSA) is 193 Å². The van der Waals surface area contributed by atoms with E-state index in [1.165, 1.54) is 48.5 Å². The van der Waals surface area contributed by atoms with E-state index < -0.39 is 48.8 Å². The fraction of sp³-hybridized carbons (Fsp3) is 0.0417. The molecule has 1 heterocycles. The van der Waals surface area contributed by atoms with Crippen molar-refractivity contribution in [2.24, 2.45) is 0 Å². The summed E-state index contributed by atoms with van der Waals surface area (Å²) in [5, 5.41) is 32.4. The van der Waals surface area contributed by atoms with Crippen LogP contribution in [0.2, 0.25) is 0 Å². The van der Waals surface area contributed by atoms with E-state index in [0.717, 1.165) is 17.0 Å². The molecule has 15 heteroatoms. The van der Waals surface area contributed by atoms with Gasteiger partial charge in [-0.1, -0.05) is 24.3 Å². The molecule has 4 rings (SSSR count). The maximum Gasteiger partial charge on any atom is 0.344 e. The van der Waals surface area contributed by atoms with E-state index in [9.17, 15) is 44.7 Å². The molecular weight excluding hydrogens is 536 g/mol. The van der Waals surface area contributed by atoms with Gasteiger partial charge in [-0.25, -0.2) is 4.79 Å². The van der Waals surface area contributed by atoms with E-state index >= 15 is 0 Å². The lowest BCUT2D eigenvalue weighted by atomic mass is 10.1. The Labute approximate surface area is 221 Å². The van der Waals surface area contributed by atoms with Crippen LogP contribution in [0.15, 0.2) is 71.6 Å². The molecule has 2 amide bonds. The lowest BCUT2D eigenvalue weighted by molar-refractivity contribution is -0.394. The highest BCUT2D eigenvalue weighted by molar-refractivity contribution is 8.18. The average Bonchev–Trinajstić information content (AvgIpc) is 3.16. The second-order valence-electron chi connectivity index (χ2n) is 7.91. The highest BCUT2D eigenvalue weighted by Gasteiger charge is 2.35. The summed E-state index contributed by atoms with van der Waals surface area (Å²) in [6.07, 6.45) is 1.40. The zero-order valence-electron chi connectivity index (χ0n) is 19.4. The Balaban J connectivity index is 1.50. The van der Waals surface area contributed by atoms with Gasteiger partial charge in [0.25, 0.3) is 28.2 Å². The van der Waals surface area contributed by atoms with Crippen LogP contribution < -0.4 is 4.74 Å². The number of hydrogen-bond acceptors (Lipinski definition) is 11. The number of benzene rings is 3. The Hall–Kier alpha value is -5.44. The summed E-state index contributed by atoms with van der Waals surface area (Å²) in [5.41, 5.74) is -0.958. The molecule has 0 aromatic heterocycles. The summed E-state index contributed by atoms with van der Waals surface area (Å²) >= 11 is 0.684. The molecule has 196 valence electrons. The van der Waals surface area contributed by atoms with Gasteiger partial charge in [-0.15, -0.1) is 0 Å². The summed E-state index contributed by atoms with van der Waals surface area (Å²) in [5.74, 6) is -1.69. The predicted molar refractivity (Wildman–Crippen MR) is 136 cm³/mol. The van der Waals surface area contributed by atoms with Crippen molar-refractivity contribution in [2.75, 3.05) is 0 Å². The Bertz CT molecular complexity index is 1550. The van der Waals surface area contributed by atoms with Crippen molar-refractivity contribution in [1.82, 2.24) is 4.90 Å². The largest absolute Gasteiger partial charge is 0.423 e. The maximum atomic E-state index is 12.8. The number of rotatable bonds is 8. The Morgan fingerprint density at radius 2 is 1.46 bits per heavy atom. The maximum absolute atomic E-state index is 12.8. The molecule has 0 bridgehead atoms. The van der Waals surface area contributed by atoms with Crippen molar-refractivity contribution in [3.8, 4) is 5.75 Å². The number of thioether (sulfide) groups is 1. The highest BCUT2D eigenvalue weighted by atomic mass is 32.2. The standard InChI is InChI=1S/C24H14N4O10S/c29-22-21(39-24(31)25(22)13-14-4-6-17(7-5-14)26(32)33)9-15-2-1-3-20(8-15)38-23(30)16-10-18(27(34)35)12-19(11-16)28(36)37/h1-12H,13H2/b21-9-. The number of nitro groups is 3. The highest BCUT2D eigenvalue weighted by Crippen LogP contribution is 2.34. The third-order valence-electron chi connectivity index (χ3n) is 5.29. The number of hydrogen-bond donors (Lipinski definition) is 0. The van der Waals surface area contributed by atoms with E-state index in [0.29, 0.717) is 29.0 Å². The second-order valence-corrected chi connectivity index (χ2v) is 8.90. The van der Waals surface area contributed by atoms with Gasteiger partial charge in [0.1, 0.15) is 5.75 Å². The molecule has 0 N–H and O–H groups in total. The van der Waals surface area contributed by atoms with Gasteiger partial charge in [-0.05, 0) is 41.1 Å². The predicted octanol–water partition coefficient (Wildman–Crippen LogP) is 4.87. The molecule has 14 nitrogen and oxygen atoms in total. The van der Waals surface area contributed by atoms with Crippen molar-refractivity contribution >= 4 is 52.0 Å². The number of carbonyl (C=O) groups excluding carboxylic acids is 3. The SMILES string of the molecule is O=C(Oc1cccc(/C=C2\SC(=O)N(Cc3ccc([N+](=O)[O-])cc3)C2=O)c1)c1cc([N+](=O)[O-])cc([N+](=O)[O-])c1.